The zero-order valence-corrected chi connectivity index (χ0v) is 10.6. The number of benzene rings is 1. The Hall–Kier alpha value is -1.26. The van der Waals surface area contributed by atoms with Crippen molar-refractivity contribution in [2.24, 2.45) is 5.73 Å². The van der Waals surface area contributed by atoms with Crippen LogP contribution in [0, 0.1) is 0 Å². The van der Waals surface area contributed by atoms with Crippen molar-refractivity contribution >= 4 is 21.7 Å². The molecule has 0 bridgehead atoms. The number of hydrogen-bond donors (Lipinski definition) is 1. The molecule has 2 atom stereocenters. The van der Waals surface area contributed by atoms with E-state index in [1.165, 1.54) is 0 Å². The Morgan fingerprint density at radius 2 is 2.12 bits per heavy atom. The van der Waals surface area contributed by atoms with E-state index < -0.39 is 10.8 Å². The molecule has 0 fully saturated rings. The fraction of sp³-hybridized carbons (Fsp3) is 0.308. The highest BCUT2D eigenvalue weighted by Gasteiger charge is 2.11. The van der Waals surface area contributed by atoms with Gasteiger partial charge in [-0.3, -0.25) is 9.19 Å². The van der Waals surface area contributed by atoms with Gasteiger partial charge in [0.15, 0.2) is 0 Å². The van der Waals surface area contributed by atoms with Crippen molar-refractivity contribution in [2.45, 2.75) is 17.9 Å². The number of nitrogens with zero attached hydrogens (tertiary/aromatic N) is 1. The molecule has 2 aromatic rings. The first-order chi connectivity index (χ1) is 8.22. The standard InChI is InChI=1S/C13H16N2OS/c1-10(8-14)17(16)9-11-6-7-15-13-5-3-2-4-12(11)13/h2-7,10H,8-9,14H2,1H3. The molecule has 0 aliphatic rings. The molecule has 3 nitrogen and oxygen atoms in total. The van der Waals surface area contributed by atoms with E-state index in [2.05, 4.69) is 4.98 Å². The lowest BCUT2D eigenvalue weighted by Crippen LogP contribution is -2.22. The highest BCUT2D eigenvalue weighted by molar-refractivity contribution is 7.84. The van der Waals surface area contributed by atoms with Gasteiger partial charge < -0.3 is 5.73 Å². The molecule has 90 valence electrons. The van der Waals surface area contributed by atoms with Gasteiger partial charge in [0.05, 0.1) is 5.52 Å². The Kier molecular flexibility index (Phi) is 3.86. The molecule has 1 aromatic heterocycles. The Morgan fingerprint density at radius 1 is 1.35 bits per heavy atom. The van der Waals surface area contributed by atoms with Crippen LogP contribution in [0.4, 0.5) is 0 Å². The van der Waals surface area contributed by atoms with Gasteiger partial charge in [-0.25, -0.2) is 0 Å². The third-order valence-electron chi connectivity index (χ3n) is 2.82. The summed E-state index contributed by atoms with van der Waals surface area (Å²) < 4.78 is 12.0. The number of para-hydroxylation sites is 1. The van der Waals surface area contributed by atoms with Crippen molar-refractivity contribution in [3.8, 4) is 0 Å². The molecular formula is C13H16N2OS. The van der Waals surface area contributed by atoms with Crippen LogP contribution < -0.4 is 5.73 Å². The van der Waals surface area contributed by atoms with Crippen LogP contribution >= 0.6 is 0 Å². The van der Waals surface area contributed by atoms with Crippen molar-refractivity contribution < 1.29 is 4.21 Å². The van der Waals surface area contributed by atoms with Crippen LogP contribution in [0.25, 0.3) is 10.9 Å². The van der Waals surface area contributed by atoms with Crippen LogP contribution in [0.15, 0.2) is 36.5 Å². The Labute approximate surface area is 104 Å². The quantitative estimate of drug-likeness (QED) is 0.898. The zero-order valence-electron chi connectivity index (χ0n) is 9.80. The predicted octanol–water partition coefficient (Wildman–Crippen LogP) is 1.83. The Bertz CT molecular complexity index is 536. The van der Waals surface area contributed by atoms with E-state index in [4.69, 9.17) is 5.73 Å². The van der Waals surface area contributed by atoms with Crippen molar-refractivity contribution in [1.29, 1.82) is 0 Å². The van der Waals surface area contributed by atoms with Crippen LogP contribution in [-0.2, 0) is 16.6 Å². The molecule has 0 radical (unpaired) electrons. The summed E-state index contributed by atoms with van der Waals surface area (Å²) in [5.41, 5.74) is 7.56. The van der Waals surface area contributed by atoms with Gasteiger partial charge in [0.1, 0.15) is 0 Å². The molecule has 1 aromatic carbocycles. The fourth-order valence-electron chi connectivity index (χ4n) is 1.68. The summed E-state index contributed by atoms with van der Waals surface area (Å²) in [6.45, 7) is 2.37. The highest BCUT2D eigenvalue weighted by Crippen LogP contribution is 2.18. The minimum Gasteiger partial charge on any atom is -0.329 e. The maximum atomic E-state index is 12.0. The molecule has 1 heterocycles. The number of hydrogen-bond acceptors (Lipinski definition) is 3. The topological polar surface area (TPSA) is 56.0 Å². The molecule has 2 rings (SSSR count). The van der Waals surface area contributed by atoms with Crippen LogP contribution in [0.3, 0.4) is 0 Å². The molecule has 0 aliphatic heterocycles. The number of aromatic nitrogens is 1. The van der Waals surface area contributed by atoms with Crippen molar-refractivity contribution in [3.05, 3.63) is 42.1 Å². The van der Waals surface area contributed by atoms with Gasteiger partial charge in [0, 0.05) is 39.9 Å². The van der Waals surface area contributed by atoms with Crippen molar-refractivity contribution in [1.82, 2.24) is 4.98 Å². The van der Waals surface area contributed by atoms with Gasteiger partial charge in [-0.05, 0) is 24.6 Å². The molecule has 0 aliphatic carbocycles. The van der Waals surface area contributed by atoms with Crippen LogP contribution in [0.2, 0.25) is 0 Å². The third kappa shape index (κ3) is 2.70. The summed E-state index contributed by atoms with van der Waals surface area (Å²) in [6.07, 6.45) is 1.77. The van der Waals surface area contributed by atoms with Gasteiger partial charge in [-0.1, -0.05) is 18.2 Å². The lowest BCUT2D eigenvalue weighted by molar-refractivity contribution is 0.673. The first-order valence-electron chi connectivity index (χ1n) is 5.62. The fourth-order valence-corrected chi connectivity index (χ4v) is 2.74. The van der Waals surface area contributed by atoms with Crippen LogP contribution in [0.5, 0.6) is 0 Å². The summed E-state index contributed by atoms with van der Waals surface area (Å²) in [4.78, 5) is 4.29. The maximum absolute atomic E-state index is 12.0. The minimum absolute atomic E-state index is 0.0296. The van der Waals surface area contributed by atoms with Gasteiger partial charge in [-0.2, -0.15) is 0 Å². The number of pyridine rings is 1. The molecular weight excluding hydrogens is 232 g/mol. The van der Waals surface area contributed by atoms with E-state index in [9.17, 15) is 4.21 Å². The number of fused-ring (bicyclic) bond motifs is 1. The van der Waals surface area contributed by atoms with Gasteiger partial charge >= 0.3 is 0 Å². The summed E-state index contributed by atoms with van der Waals surface area (Å²) in [7, 11) is -0.925. The molecule has 2 unspecified atom stereocenters. The molecule has 2 N–H and O–H groups in total. The number of rotatable bonds is 4. The monoisotopic (exact) mass is 248 g/mol. The molecule has 0 saturated heterocycles. The van der Waals surface area contributed by atoms with Gasteiger partial charge in [-0.15, -0.1) is 0 Å². The van der Waals surface area contributed by atoms with E-state index in [1.807, 2.05) is 37.3 Å². The average Bonchev–Trinajstić information content (AvgIpc) is 2.38. The summed E-state index contributed by atoms with van der Waals surface area (Å²) in [5.74, 6) is 0.543. The minimum atomic E-state index is -0.925. The largest absolute Gasteiger partial charge is 0.329 e. The lowest BCUT2D eigenvalue weighted by atomic mass is 10.1. The number of nitrogens with two attached hydrogens (primary N) is 1. The molecule has 4 heteroatoms. The van der Waals surface area contributed by atoms with E-state index >= 15 is 0 Å². The Balaban J connectivity index is 2.33. The van der Waals surface area contributed by atoms with Gasteiger partial charge in [0.2, 0.25) is 0 Å². The molecule has 17 heavy (non-hydrogen) atoms. The average molecular weight is 248 g/mol. The summed E-state index contributed by atoms with van der Waals surface area (Å²) in [6, 6.07) is 9.85. The third-order valence-corrected chi connectivity index (χ3v) is 4.50. The van der Waals surface area contributed by atoms with E-state index in [-0.39, 0.29) is 5.25 Å². The summed E-state index contributed by atoms with van der Waals surface area (Å²) >= 11 is 0. The first kappa shape index (κ1) is 12.2. The normalized spacial score (nSPS) is 14.7. The molecule has 0 spiro atoms. The van der Waals surface area contributed by atoms with Crippen LogP contribution in [-0.4, -0.2) is 21.0 Å². The zero-order chi connectivity index (χ0) is 12.3. The van der Waals surface area contributed by atoms with E-state index in [0.717, 1.165) is 16.5 Å². The molecule has 0 saturated carbocycles. The van der Waals surface area contributed by atoms with Crippen molar-refractivity contribution in [2.75, 3.05) is 6.54 Å². The van der Waals surface area contributed by atoms with E-state index in [1.54, 1.807) is 6.20 Å². The highest BCUT2D eigenvalue weighted by atomic mass is 32.2. The lowest BCUT2D eigenvalue weighted by Gasteiger charge is -2.10. The first-order valence-corrected chi connectivity index (χ1v) is 7.00. The van der Waals surface area contributed by atoms with Gasteiger partial charge in [0.25, 0.3) is 0 Å². The SMILES string of the molecule is CC(CN)S(=O)Cc1ccnc2ccccc12. The maximum Gasteiger partial charge on any atom is 0.0705 e. The predicted molar refractivity (Wildman–Crippen MR) is 72.1 cm³/mol. The van der Waals surface area contributed by atoms with Crippen LogP contribution in [0.1, 0.15) is 12.5 Å². The second-order valence-corrected chi connectivity index (χ2v) is 5.91. The smallest absolute Gasteiger partial charge is 0.0705 e. The summed E-state index contributed by atoms with van der Waals surface area (Å²) in [5, 5.41) is 1.11. The van der Waals surface area contributed by atoms with Crippen molar-refractivity contribution in [3.63, 3.8) is 0 Å². The second-order valence-electron chi connectivity index (χ2n) is 4.06. The van der Waals surface area contributed by atoms with E-state index in [0.29, 0.717) is 12.3 Å². The second kappa shape index (κ2) is 5.38. The Morgan fingerprint density at radius 3 is 2.88 bits per heavy atom. The molecule has 0 amide bonds.